The van der Waals surface area contributed by atoms with Crippen LogP contribution >= 0.6 is 46.4 Å². The van der Waals surface area contributed by atoms with Crippen LogP contribution in [0, 0.1) is 0 Å². The molecule has 2 atom stereocenters. The summed E-state index contributed by atoms with van der Waals surface area (Å²) < 4.78 is 13.0. The van der Waals surface area contributed by atoms with E-state index < -0.39 is 10.5 Å². The molecule has 0 N–H and O–H groups in total. The van der Waals surface area contributed by atoms with Crippen molar-refractivity contribution in [2.45, 2.75) is 16.9 Å². The van der Waals surface area contributed by atoms with Crippen LogP contribution in [-0.4, -0.2) is 10.5 Å². The zero-order valence-corrected chi connectivity index (χ0v) is 7.70. The van der Waals surface area contributed by atoms with Gasteiger partial charge in [0.25, 0.3) is 0 Å². The molecule has 0 saturated carbocycles. The highest BCUT2D eigenvalue weighted by Crippen LogP contribution is 2.48. The van der Waals surface area contributed by atoms with Crippen LogP contribution in [0.4, 0.5) is 4.39 Å². The number of halogens is 5. The zero-order chi connectivity index (χ0) is 7.94. The lowest BCUT2D eigenvalue weighted by Gasteiger charge is -2.14. The van der Waals surface area contributed by atoms with Gasteiger partial charge in [-0.25, -0.2) is 4.39 Å². The van der Waals surface area contributed by atoms with Gasteiger partial charge in [0.1, 0.15) is 0 Å². The summed E-state index contributed by atoms with van der Waals surface area (Å²) in [6.07, 6.45) is 0.196. The van der Waals surface area contributed by atoms with Gasteiger partial charge in [-0.05, 0) is 0 Å². The third kappa shape index (κ3) is 1.25. The number of allylic oxidation sites excluding steroid dienone is 2. The van der Waals surface area contributed by atoms with Crippen molar-refractivity contribution in [1.82, 2.24) is 0 Å². The molecule has 58 valence electrons. The molecular weight excluding hydrogens is 221 g/mol. The molecule has 0 heterocycles. The Morgan fingerprint density at radius 3 is 2.10 bits per heavy atom. The van der Waals surface area contributed by atoms with Crippen molar-refractivity contribution >= 4 is 46.4 Å². The fraction of sp³-hybridized carbons (Fsp3) is 0.600. The lowest BCUT2D eigenvalue weighted by Crippen LogP contribution is -2.22. The summed E-state index contributed by atoms with van der Waals surface area (Å²) in [5, 5.41) is -3.00. The van der Waals surface area contributed by atoms with Crippen molar-refractivity contribution < 1.29 is 4.39 Å². The molecule has 0 aromatic carbocycles. The summed E-state index contributed by atoms with van der Waals surface area (Å²) >= 11 is 21.7. The number of hydrogen-bond donors (Lipinski definition) is 0. The van der Waals surface area contributed by atoms with Crippen molar-refractivity contribution in [3.05, 3.63) is 10.1 Å². The third-order valence-electron chi connectivity index (χ3n) is 1.28. The number of alkyl halides is 3. The van der Waals surface area contributed by atoms with Crippen molar-refractivity contribution in [3.63, 3.8) is 0 Å². The van der Waals surface area contributed by atoms with E-state index in [4.69, 9.17) is 46.4 Å². The van der Waals surface area contributed by atoms with Gasteiger partial charge in [-0.1, -0.05) is 34.8 Å². The average molecular weight is 224 g/mol. The molecule has 1 rings (SSSR count). The Balaban J connectivity index is 2.94. The molecule has 0 aromatic rings. The minimum atomic E-state index is -2.17. The molecular formula is C5H3Cl4F. The van der Waals surface area contributed by atoms with Crippen LogP contribution in [0.25, 0.3) is 0 Å². The highest BCUT2D eigenvalue weighted by molar-refractivity contribution is 6.48. The molecule has 10 heavy (non-hydrogen) atoms. The van der Waals surface area contributed by atoms with E-state index in [0.717, 1.165) is 0 Å². The van der Waals surface area contributed by atoms with E-state index in [-0.39, 0.29) is 16.5 Å². The maximum atomic E-state index is 13.0. The topological polar surface area (TPSA) is 0 Å². The van der Waals surface area contributed by atoms with Gasteiger partial charge in [0, 0.05) is 11.5 Å². The van der Waals surface area contributed by atoms with E-state index in [1.807, 2.05) is 0 Å². The Hall–Kier alpha value is 0.830. The lowest BCUT2D eigenvalue weighted by atomic mass is 10.3. The van der Waals surface area contributed by atoms with Crippen LogP contribution < -0.4 is 0 Å². The summed E-state index contributed by atoms with van der Waals surface area (Å²) in [6.45, 7) is 0. The quantitative estimate of drug-likeness (QED) is 0.551. The predicted octanol–water partition coefficient (Wildman–Crippen LogP) is 3.59. The second-order valence-corrected chi connectivity index (χ2v) is 3.92. The van der Waals surface area contributed by atoms with Crippen LogP contribution in [0.2, 0.25) is 0 Å². The van der Waals surface area contributed by atoms with Crippen LogP contribution in [0.1, 0.15) is 6.42 Å². The normalized spacial score (nSPS) is 41.1. The second kappa shape index (κ2) is 2.71. The summed E-state index contributed by atoms with van der Waals surface area (Å²) in [7, 11) is 0. The van der Waals surface area contributed by atoms with Gasteiger partial charge in [-0.15, -0.1) is 11.6 Å². The van der Waals surface area contributed by atoms with Crippen molar-refractivity contribution in [1.29, 1.82) is 0 Å². The Labute approximate surface area is 77.9 Å². The summed E-state index contributed by atoms with van der Waals surface area (Å²) in [5.74, 6) is 0. The lowest BCUT2D eigenvalue weighted by molar-refractivity contribution is 0.341. The van der Waals surface area contributed by atoms with Crippen LogP contribution in [0.5, 0.6) is 0 Å². The van der Waals surface area contributed by atoms with E-state index in [1.165, 1.54) is 0 Å². The molecule has 0 saturated heterocycles. The molecule has 0 aromatic heterocycles. The van der Waals surface area contributed by atoms with Gasteiger partial charge in [-0.2, -0.15) is 0 Å². The van der Waals surface area contributed by atoms with Gasteiger partial charge < -0.3 is 0 Å². The summed E-state index contributed by atoms with van der Waals surface area (Å²) in [4.78, 5) is 0. The molecule has 1 aliphatic rings. The molecule has 2 unspecified atom stereocenters. The highest BCUT2D eigenvalue weighted by Gasteiger charge is 2.46. The van der Waals surface area contributed by atoms with E-state index in [2.05, 4.69) is 0 Å². The molecule has 1 aliphatic carbocycles. The summed E-state index contributed by atoms with van der Waals surface area (Å²) in [5.41, 5.74) is 0. The first-order valence-electron chi connectivity index (χ1n) is 2.52. The SMILES string of the molecule is FC1(Cl)C(Cl)=C(Cl)CC1Cl. The molecule has 5 heteroatoms. The van der Waals surface area contributed by atoms with Gasteiger partial charge in [0.15, 0.2) is 0 Å². The number of rotatable bonds is 0. The molecule has 0 spiro atoms. The first kappa shape index (κ1) is 8.92. The highest BCUT2D eigenvalue weighted by atomic mass is 35.5. The van der Waals surface area contributed by atoms with E-state index in [1.54, 1.807) is 0 Å². The minimum Gasteiger partial charge on any atom is -0.218 e. The third-order valence-corrected chi connectivity index (χ3v) is 3.34. The zero-order valence-electron chi connectivity index (χ0n) is 4.67. The fourth-order valence-corrected chi connectivity index (χ4v) is 1.83. The molecule has 0 bridgehead atoms. The Morgan fingerprint density at radius 2 is 2.00 bits per heavy atom. The first-order chi connectivity index (χ1) is 4.46. The van der Waals surface area contributed by atoms with Gasteiger partial charge in [0.2, 0.25) is 5.13 Å². The van der Waals surface area contributed by atoms with Crippen LogP contribution in [0.15, 0.2) is 10.1 Å². The Morgan fingerprint density at radius 1 is 1.50 bits per heavy atom. The molecule has 0 aliphatic heterocycles. The van der Waals surface area contributed by atoms with Gasteiger partial charge in [0.05, 0.1) is 10.4 Å². The summed E-state index contributed by atoms with van der Waals surface area (Å²) in [6, 6.07) is 0. The van der Waals surface area contributed by atoms with E-state index in [0.29, 0.717) is 0 Å². The average Bonchev–Trinajstić information content (AvgIpc) is 1.97. The molecule has 0 amide bonds. The molecule has 0 fully saturated rings. The number of hydrogen-bond acceptors (Lipinski definition) is 0. The Kier molecular flexibility index (Phi) is 2.41. The van der Waals surface area contributed by atoms with Gasteiger partial charge >= 0.3 is 0 Å². The van der Waals surface area contributed by atoms with Crippen molar-refractivity contribution in [3.8, 4) is 0 Å². The standard InChI is InChI=1S/C5H3Cl4F/c6-2-1-3(7)5(9,10)4(2)8/h3H,1H2. The second-order valence-electron chi connectivity index (χ2n) is 2.01. The molecule has 0 nitrogen and oxygen atoms in total. The molecule has 0 radical (unpaired) electrons. The monoisotopic (exact) mass is 222 g/mol. The van der Waals surface area contributed by atoms with Crippen molar-refractivity contribution in [2.24, 2.45) is 0 Å². The minimum absolute atomic E-state index is 0.184. The largest absolute Gasteiger partial charge is 0.236 e. The Bertz CT molecular complexity index is 186. The van der Waals surface area contributed by atoms with Gasteiger partial charge in [-0.3, -0.25) is 0 Å². The first-order valence-corrected chi connectivity index (χ1v) is 4.09. The van der Waals surface area contributed by atoms with Crippen molar-refractivity contribution in [2.75, 3.05) is 0 Å². The maximum Gasteiger partial charge on any atom is 0.236 e. The predicted molar refractivity (Wildman–Crippen MR) is 42.7 cm³/mol. The smallest absolute Gasteiger partial charge is 0.218 e. The van der Waals surface area contributed by atoms with E-state index in [9.17, 15) is 4.39 Å². The fourth-order valence-electron chi connectivity index (χ4n) is 0.693. The maximum absolute atomic E-state index is 13.0. The van der Waals surface area contributed by atoms with Crippen LogP contribution in [0.3, 0.4) is 0 Å². The van der Waals surface area contributed by atoms with E-state index >= 15 is 0 Å². The van der Waals surface area contributed by atoms with Crippen LogP contribution in [-0.2, 0) is 0 Å².